The van der Waals surface area contributed by atoms with E-state index in [1.807, 2.05) is 13.0 Å². The number of nitrogens with one attached hydrogen (secondary N) is 2. The molecule has 148 valence electrons. The van der Waals surface area contributed by atoms with Crippen LogP contribution in [0, 0.1) is 17.0 Å². The molecule has 0 unspecified atom stereocenters. The molecule has 2 N–H and O–H groups in total. The van der Waals surface area contributed by atoms with Gasteiger partial charge in [-0.05, 0) is 19.1 Å². The monoisotopic (exact) mass is 386 g/mol. The molecule has 1 aromatic carbocycles. The maximum atomic E-state index is 12.1. The average Bonchev–Trinajstić information content (AvgIpc) is 2.71. The number of amides is 1. The predicted molar refractivity (Wildman–Crippen MR) is 104 cm³/mol. The van der Waals surface area contributed by atoms with Crippen LogP contribution in [0.15, 0.2) is 30.3 Å². The molecule has 1 aromatic heterocycles. The van der Waals surface area contributed by atoms with Gasteiger partial charge in [0.15, 0.2) is 0 Å². The van der Waals surface area contributed by atoms with Crippen LogP contribution in [0.2, 0.25) is 0 Å². The third-order valence-corrected chi connectivity index (χ3v) is 4.22. The van der Waals surface area contributed by atoms with Gasteiger partial charge in [-0.3, -0.25) is 14.9 Å². The second-order valence-corrected chi connectivity index (χ2v) is 6.24. The lowest BCUT2D eigenvalue weighted by Gasteiger charge is -2.28. The topological polar surface area (TPSA) is 123 Å². The first-order chi connectivity index (χ1) is 13.5. The third-order valence-electron chi connectivity index (χ3n) is 4.22. The van der Waals surface area contributed by atoms with Gasteiger partial charge in [-0.2, -0.15) is 0 Å². The van der Waals surface area contributed by atoms with Crippen LogP contribution in [-0.4, -0.2) is 60.2 Å². The van der Waals surface area contributed by atoms with Crippen LogP contribution in [0.25, 0.3) is 0 Å². The van der Waals surface area contributed by atoms with E-state index in [0.29, 0.717) is 43.5 Å². The number of hydrogen-bond acceptors (Lipinski definition) is 8. The van der Waals surface area contributed by atoms with Crippen LogP contribution < -0.4 is 15.5 Å². The zero-order valence-corrected chi connectivity index (χ0v) is 15.6. The number of morpholine rings is 1. The van der Waals surface area contributed by atoms with Gasteiger partial charge in [0, 0.05) is 49.9 Å². The molecule has 0 saturated carbocycles. The highest BCUT2D eigenvalue weighted by atomic mass is 16.6. The Morgan fingerprint density at radius 1 is 1.21 bits per heavy atom. The van der Waals surface area contributed by atoms with Gasteiger partial charge >= 0.3 is 0 Å². The van der Waals surface area contributed by atoms with Gasteiger partial charge in [0.25, 0.3) is 11.6 Å². The molecule has 1 aliphatic rings. The van der Waals surface area contributed by atoms with Crippen molar-refractivity contribution in [3.63, 3.8) is 0 Å². The van der Waals surface area contributed by atoms with Crippen molar-refractivity contribution in [3.05, 3.63) is 51.8 Å². The van der Waals surface area contributed by atoms with Crippen molar-refractivity contribution in [2.24, 2.45) is 0 Å². The highest BCUT2D eigenvalue weighted by Gasteiger charge is 2.14. The van der Waals surface area contributed by atoms with Gasteiger partial charge in [0.2, 0.25) is 0 Å². The summed E-state index contributed by atoms with van der Waals surface area (Å²) in [6.07, 6.45) is 0. The summed E-state index contributed by atoms with van der Waals surface area (Å²) in [4.78, 5) is 33.3. The van der Waals surface area contributed by atoms with Crippen LogP contribution in [0.5, 0.6) is 0 Å². The summed E-state index contributed by atoms with van der Waals surface area (Å²) in [6, 6.07) is 7.37. The average molecular weight is 386 g/mol. The fourth-order valence-corrected chi connectivity index (χ4v) is 2.80. The summed E-state index contributed by atoms with van der Waals surface area (Å²) in [5, 5.41) is 16.6. The molecule has 0 aliphatic carbocycles. The summed E-state index contributed by atoms with van der Waals surface area (Å²) >= 11 is 0. The summed E-state index contributed by atoms with van der Waals surface area (Å²) < 4.78 is 5.36. The Kier molecular flexibility index (Phi) is 6.33. The molecular weight excluding hydrogens is 364 g/mol. The van der Waals surface area contributed by atoms with Crippen LogP contribution in [0.4, 0.5) is 17.3 Å². The smallest absolute Gasteiger partial charge is 0.269 e. The van der Waals surface area contributed by atoms with Crippen LogP contribution >= 0.6 is 0 Å². The Labute approximate surface area is 162 Å². The van der Waals surface area contributed by atoms with E-state index in [1.165, 1.54) is 24.3 Å². The van der Waals surface area contributed by atoms with Gasteiger partial charge in [0.05, 0.1) is 18.1 Å². The third kappa shape index (κ3) is 5.13. The van der Waals surface area contributed by atoms with E-state index in [9.17, 15) is 14.9 Å². The predicted octanol–water partition coefficient (Wildman–Crippen LogP) is 1.37. The molecule has 1 amide bonds. The molecule has 1 fully saturated rings. The van der Waals surface area contributed by atoms with Crippen LogP contribution in [0.1, 0.15) is 16.2 Å². The summed E-state index contributed by atoms with van der Waals surface area (Å²) in [5.41, 5.74) is 0.325. The van der Waals surface area contributed by atoms with Crippen molar-refractivity contribution in [2.75, 3.05) is 49.6 Å². The Bertz CT molecular complexity index is 836. The number of ether oxygens (including phenoxy) is 1. The maximum absolute atomic E-state index is 12.1. The van der Waals surface area contributed by atoms with Crippen molar-refractivity contribution in [2.45, 2.75) is 6.92 Å². The molecule has 3 rings (SSSR count). The van der Waals surface area contributed by atoms with E-state index < -0.39 is 4.92 Å². The van der Waals surface area contributed by atoms with Gasteiger partial charge in [-0.25, -0.2) is 9.97 Å². The molecular formula is C18H22N6O4. The van der Waals surface area contributed by atoms with Gasteiger partial charge in [0.1, 0.15) is 17.5 Å². The molecule has 1 aliphatic heterocycles. The van der Waals surface area contributed by atoms with E-state index in [2.05, 4.69) is 25.5 Å². The minimum Gasteiger partial charge on any atom is -0.378 e. The van der Waals surface area contributed by atoms with E-state index >= 15 is 0 Å². The van der Waals surface area contributed by atoms with Crippen molar-refractivity contribution < 1.29 is 14.5 Å². The number of carbonyl (C=O) groups is 1. The number of non-ortho nitro benzene ring substituents is 1. The van der Waals surface area contributed by atoms with Crippen LogP contribution in [-0.2, 0) is 4.74 Å². The largest absolute Gasteiger partial charge is 0.378 e. The first-order valence-corrected chi connectivity index (χ1v) is 8.98. The van der Waals surface area contributed by atoms with E-state index in [-0.39, 0.29) is 11.6 Å². The zero-order valence-electron chi connectivity index (χ0n) is 15.6. The standard InChI is InChI=1S/C18H22N6O4/c1-13-21-16(12-17(22-13)23-8-10-28-11-9-23)19-6-7-20-18(25)14-2-4-15(5-3-14)24(26)27/h2-5,12H,6-11H2,1H3,(H,20,25)(H,19,21,22). The number of nitro benzene ring substituents is 1. The molecule has 0 radical (unpaired) electrons. The number of benzene rings is 1. The van der Waals surface area contributed by atoms with E-state index in [1.54, 1.807) is 0 Å². The Balaban J connectivity index is 1.50. The Hall–Kier alpha value is -3.27. The first-order valence-electron chi connectivity index (χ1n) is 8.98. The van der Waals surface area contributed by atoms with E-state index in [0.717, 1.165) is 18.9 Å². The minimum absolute atomic E-state index is 0.0478. The van der Waals surface area contributed by atoms with Crippen molar-refractivity contribution >= 4 is 23.2 Å². The SMILES string of the molecule is Cc1nc(NCCNC(=O)c2ccc([N+](=O)[O-])cc2)cc(N2CCOCC2)n1. The highest BCUT2D eigenvalue weighted by molar-refractivity contribution is 5.94. The minimum atomic E-state index is -0.500. The molecule has 0 atom stereocenters. The van der Waals surface area contributed by atoms with Crippen molar-refractivity contribution in [1.82, 2.24) is 15.3 Å². The number of nitro groups is 1. The van der Waals surface area contributed by atoms with Crippen molar-refractivity contribution in [1.29, 1.82) is 0 Å². The Morgan fingerprint density at radius 2 is 1.93 bits per heavy atom. The quantitative estimate of drug-likeness (QED) is 0.416. The number of aryl methyl sites for hydroxylation is 1. The van der Waals surface area contributed by atoms with Crippen molar-refractivity contribution in [3.8, 4) is 0 Å². The molecule has 2 heterocycles. The molecule has 0 spiro atoms. The van der Waals surface area contributed by atoms with Gasteiger partial charge in [-0.15, -0.1) is 0 Å². The fraction of sp³-hybridized carbons (Fsp3) is 0.389. The second kappa shape index (κ2) is 9.09. The molecule has 28 heavy (non-hydrogen) atoms. The lowest BCUT2D eigenvalue weighted by molar-refractivity contribution is -0.384. The number of hydrogen-bond donors (Lipinski definition) is 2. The maximum Gasteiger partial charge on any atom is 0.269 e. The number of rotatable bonds is 7. The highest BCUT2D eigenvalue weighted by Crippen LogP contribution is 2.17. The normalized spacial score (nSPS) is 13.8. The summed E-state index contributed by atoms with van der Waals surface area (Å²) in [7, 11) is 0. The first kappa shape index (κ1) is 19.5. The van der Waals surface area contributed by atoms with E-state index in [4.69, 9.17) is 4.74 Å². The molecule has 10 heteroatoms. The molecule has 10 nitrogen and oxygen atoms in total. The molecule has 1 saturated heterocycles. The van der Waals surface area contributed by atoms with Crippen LogP contribution in [0.3, 0.4) is 0 Å². The second-order valence-electron chi connectivity index (χ2n) is 6.24. The number of nitrogens with zero attached hydrogens (tertiary/aromatic N) is 4. The molecule has 0 bridgehead atoms. The number of carbonyl (C=O) groups excluding carboxylic acids is 1. The number of anilines is 2. The molecule has 2 aromatic rings. The zero-order chi connectivity index (χ0) is 19.9. The fourth-order valence-electron chi connectivity index (χ4n) is 2.80. The summed E-state index contributed by atoms with van der Waals surface area (Å²) in [5.74, 6) is 1.93. The van der Waals surface area contributed by atoms with Gasteiger partial charge in [-0.1, -0.05) is 0 Å². The van der Waals surface area contributed by atoms with Gasteiger partial charge < -0.3 is 20.3 Å². The summed E-state index contributed by atoms with van der Waals surface area (Å²) in [6.45, 7) is 5.65. The number of aromatic nitrogens is 2. The lowest BCUT2D eigenvalue weighted by Crippen LogP contribution is -2.37. The Morgan fingerprint density at radius 3 is 2.61 bits per heavy atom. The lowest BCUT2D eigenvalue weighted by atomic mass is 10.2.